The molecule has 2 saturated heterocycles. The highest BCUT2D eigenvalue weighted by Crippen LogP contribution is 2.34. The van der Waals surface area contributed by atoms with Crippen molar-refractivity contribution in [2.24, 2.45) is 5.92 Å². The van der Waals surface area contributed by atoms with Gasteiger partial charge < -0.3 is 25.1 Å². The number of ether oxygens (including phenoxy) is 1. The lowest BCUT2D eigenvalue weighted by atomic mass is 10.0. The highest BCUT2D eigenvalue weighted by atomic mass is 35.5. The van der Waals surface area contributed by atoms with Gasteiger partial charge in [-0.25, -0.2) is 4.98 Å². The Morgan fingerprint density at radius 1 is 1.05 bits per heavy atom. The van der Waals surface area contributed by atoms with Crippen LogP contribution >= 0.6 is 23.2 Å². The van der Waals surface area contributed by atoms with Crippen LogP contribution in [0.15, 0.2) is 59.5 Å². The number of hydrogen-bond acceptors (Lipinski definition) is 8. The zero-order chi connectivity index (χ0) is 27.5. The number of pyridine rings is 1. The molecule has 0 bridgehead atoms. The summed E-state index contributed by atoms with van der Waals surface area (Å²) in [5.74, 6) is 0.630. The minimum absolute atomic E-state index is 0.275. The van der Waals surface area contributed by atoms with E-state index in [2.05, 4.69) is 32.7 Å². The highest BCUT2D eigenvalue weighted by molar-refractivity contribution is 6.39. The molecule has 4 heterocycles. The molecule has 2 aromatic carbocycles. The zero-order valence-corrected chi connectivity index (χ0v) is 23.4. The third-order valence-electron chi connectivity index (χ3n) is 7.32. The van der Waals surface area contributed by atoms with Crippen molar-refractivity contribution in [2.75, 3.05) is 56.2 Å². The minimum Gasteiger partial charge on any atom is -0.408 e. The second-order valence-electron chi connectivity index (χ2n) is 9.99. The van der Waals surface area contributed by atoms with Gasteiger partial charge in [-0.05, 0) is 61.2 Å². The molecule has 6 rings (SSSR count). The van der Waals surface area contributed by atoms with Crippen molar-refractivity contribution in [2.45, 2.75) is 12.8 Å². The molecule has 0 atom stereocenters. The van der Waals surface area contributed by atoms with Gasteiger partial charge in [-0.15, -0.1) is 4.73 Å². The van der Waals surface area contributed by atoms with Crippen LogP contribution in [0, 0.1) is 5.92 Å². The maximum atomic E-state index is 13.8. The molecule has 9 nitrogen and oxygen atoms in total. The Hall–Kier alpha value is -3.37. The van der Waals surface area contributed by atoms with E-state index in [4.69, 9.17) is 37.8 Å². The first-order chi connectivity index (χ1) is 19.6. The lowest BCUT2D eigenvalue weighted by molar-refractivity contribution is 0.0153. The smallest absolute Gasteiger partial charge is 0.293 e. The Labute approximate surface area is 242 Å². The average Bonchev–Trinajstić information content (AvgIpc) is 2.98. The molecule has 208 valence electrons. The van der Waals surface area contributed by atoms with Crippen molar-refractivity contribution in [1.82, 2.24) is 20.0 Å². The van der Waals surface area contributed by atoms with E-state index < -0.39 is 0 Å². The van der Waals surface area contributed by atoms with Gasteiger partial charge in [0.1, 0.15) is 6.61 Å². The van der Waals surface area contributed by atoms with Gasteiger partial charge in [-0.1, -0.05) is 29.3 Å². The lowest BCUT2D eigenvalue weighted by Crippen LogP contribution is -2.43. The molecule has 0 aliphatic carbocycles. The van der Waals surface area contributed by atoms with E-state index in [9.17, 15) is 4.79 Å². The summed E-state index contributed by atoms with van der Waals surface area (Å²) in [5, 5.41) is 8.01. The first-order valence-corrected chi connectivity index (χ1v) is 14.2. The van der Waals surface area contributed by atoms with Crippen LogP contribution in [0.2, 0.25) is 10.0 Å². The Morgan fingerprint density at radius 2 is 1.77 bits per heavy atom. The molecule has 0 amide bonds. The largest absolute Gasteiger partial charge is 0.408 e. The number of anilines is 3. The van der Waals surface area contributed by atoms with Crippen molar-refractivity contribution in [3.8, 4) is 11.1 Å². The number of aromatic nitrogens is 3. The molecule has 2 fully saturated rings. The topological polar surface area (TPSA) is 93.5 Å². The van der Waals surface area contributed by atoms with E-state index in [-0.39, 0.29) is 11.5 Å². The molecule has 40 heavy (non-hydrogen) atoms. The van der Waals surface area contributed by atoms with Gasteiger partial charge in [0.2, 0.25) is 5.95 Å². The van der Waals surface area contributed by atoms with Crippen LogP contribution in [0.5, 0.6) is 0 Å². The fraction of sp³-hybridized carbons (Fsp3) is 0.345. The van der Waals surface area contributed by atoms with Crippen LogP contribution < -0.4 is 25.9 Å². The molecular weight excluding hydrogens is 551 g/mol. The van der Waals surface area contributed by atoms with Crippen molar-refractivity contribution < 1.29 is 9.57 Å². The predicted molar refractivity (Wildman–Crippen MR) is 159 cm³/mol. The molecule has 4 aromatic rings. The van der Waals surface area contributed by atoms with Gasteiger partial charge in [-0.2, -0.15) is 4.98 Å². The molecule has 0 unspecified atom stereocenters. The summed E-state index contributed by atoms with van der Waals surface area (Å²) in [5.41, 5.74) is 2.76. The number of nitrogens with one attached hydrogen (secondary N) is 2. The Morgan fingerprint density at radius 3 is 2.50 bits per heavy atom. The fourth-order valence-corrected chi connectivity index (χ4v) is 5.69. The molecule has 2 aliphatic rings. The Kier molecular flexibility index (Phi) is 8.06. The Bertz CT molecular complexity index is 1530. The van der Waals surface area contributed by atoms with Gasteiger partial charge in [0.15, 0.2) is 5.65 Å². The zero-order valence-electron chi connectivity index (χ0n) is 21.9. The van der Waals surface area contributed by atoms with E-state index in [0.717, 1.165) is 44.7 Å². The summed E-state index contributed by atoms with van der Waals surface area (Å²) in [7, 11) is 0. The molecular formula is C29H30Cl2N6O3. The third-order valence-corrected chi connectivity index (χ3v) is 7.95. The number of fused-ring (bicyclic) bond motifs is 1. The quantitative estimate of drug-likeness (QED) is 0.323. The Balaban J connectivity index is 1.34. The summed E-state index contributed by atoms with van der Waals surface area (Å²) >= 11 is 13.0. The molecule has 0 saturated carbocycles. The van der Waals surface area contributed by atoms with E-state index >= 15 is 0 Å². The summed E-state index contributed by atoms with van der Waals surface area (Å²) in [6.07, 6.45) is 3.41. The number of piperazine rings is 1. The van der Waals surface area contributed by atoms with Crippen LogP contribution in [0.1, 0.15) is 12.8 Å². The van der Waals surface area contributed by atoms with Gasteiger partial charge >= 0.3 is 0 Å². The van der Waals surface area contributed by atoms with Crippen molar-refractivity contribution in [1.29, 1.82) is 0 Å². The predicted octanol–water partition coefficient (Wildman–Crippen LogP) is 4.77. The van der Waals surface area contributed by atoms with Gasteiger partial charge in [0.05, 0.1) is 15.6 Å². The van der Waals surface area contributed by atoms with Crippen LogP contribution in [0.25, 0.3) is 22.2 Å². The highest BCUT2D eigenvalue weighted by Gasteiger charge is 2.21. The number of halogens is 2. The van der Waals surface area contributed by atoms with Crippen LogP contribution in [0.3, 0.4) is 0 Å². The maximum absolute atomic E-state index is 13.8. The number of hydrogen-bond donors (Lipinski definition) is 2. The van der Waals surface area contributed by atoms with Crippen molar-refractivity contribution in [3.63, 3.8) is 0 Å². The van der Waals surface area contributed by atoms with E-state index in [1.165, 1.54) is 10.4 Å². The molecule has 2 aliphatic heterocycles. The second-order valence-corrected chi connectivity index (χ2v) is 10.8. The van der Waals surface area contributed by atoms with Crippen LogP contribution in [0.4, 0.5) is 17.3 Å². The summed E-state index contributed by atoms with van der Waals surface area (Å²) in [4.78, 5) is 31.5. The van der Waals surface area contributed by atoms with Crippen LogP contribution in [-0.2, 0) is 4.74 Å². The summed E-state index contributed by atoms with van der Waals surface area (Å²) < 4.78 is 6.73. The van der Waals surface area contributed by atoms with E-state index in [0.29, 0.717) is 58.0 Å². The molecule has 11 heteroatoms. The summed E-state index contributed by atoms with van der Waals surface area (Å²) in [6.45, 7) is 5.64. The van der Waals surface area contributed by atoms with E-state index in [1.807, 2.05) is 12.1 Å². The fourth-order valence-electron chi connectivity index (χ4n) is 5.08. The second kappa shape index (κ2) is 12.0. The van der Waals surface area contributed by atoms with Crippen LogP contribution in [-0.4, -0.2) is 60.7 Å². The van der Waals surface area contributed by atoms with Crippen molar-refractivity contribution >= 4 is 51.6 Å². The van der Waals surface area contributed by atoms with E-state index in [1.54, 1.807) is 30.5 Å². The van der Waals surface area contributed by atoms with Gasteiger partial charge in [0, 0.05) is 67.9 Å². The third kappa shape index (κ3) is 5.74. The summed E-state index contributed by atoms with van der Waals surface area (Å²) in [6, 6.07) is 15.0. The number of rotatable bonds is 7. The monoisotopic (exact) mass is 580 g/mol. The first-order valence-electron chi connectivity index (χ1n) is 13.5. The number of benzene rings is 2. The first kappa shape index (κ1) is 26.8. The molecule has 2 aromatic heterocycles. The maximum Gasteiger partial charge on any atom is 0.293 e. The van der Waals surface area contributed by atoms with Gasteiger partial charge in [-0.3, -0.25) is 4.79 Å². The lowest BCUT2D eigenvalue weighted by Gasteiger charge is -2.29. The normalized spacial score (nSPS) is 16.3. The van der Waals surface area contributed by atoms with Gasteiger partial charge in [0.25, 0.3) is 5.56 Å². The minimum atomic E-state index is -0.389. The molecule has 0 spiro atoms. The molecule has 2 N–H and O–H groups in total. The standard InChI is InChI=1S/C29H30Cl2N6O3/c30-24-2-1-3-25(31)26(24)23-16-20-17-33-29(34-21-4-6-22(7-5-21)36-12-10-32-11-13-36)35-27(20)37(28(23)38)40-18-19-8-14-39-15-9-19/h1-7,16-17,19,32H,8-15,18H2,(H,33,34,35). The van der Waals surface area contributed by atoms with Crippen molar-refractivity contribution in [3.05, 3.63) is 75.1 Å². The number of nitrogens with zero attached hydrogens (tertiary/aromatic N) is 4. The SMILES string of the molecule is O=c1c(-c2c(Cl)cccc2Cl)cc2cnc(Nc3ccc(N4CCNCC4)cc3)nc2n1OCC1CCOCC1. The average molecular weight is 582 g/mol. The molecule has 0 radical (unpaired) electrons.